The fourth-order valence-electron chi connectivity index (χ4n) is 1.54. The molecular weight excluding hydrogens is 230 g/mol. The van der Waals surface area contributed by atoms with E-state index in [9.17, 15) is 4.79 Å². The van der Waals surface area contributed by atoms with Gasteiger partial charge in [-0.05, 0) is 18.1 Å². The maximum atomic E-state index is 12.1. The molecule has 0 saturated heterocycles. The summed E-state index contributed by atoms with van der Waals surface area (Å²) in [7, 11) is 3.40. The van der Waals surface area contributed by atoms with Gasteiger partial charge in [-0.1, -0.05) is 13.8 Å². The van der Waals surface area contributed by atoms with E-state index in [0.29, 0.717) is 23.9 Å². The van der Waals surface area contributed by atoms with Crippen LogP contribution in [0, 0.1) is 5.92 Å². The van der Waals surface area contributed by atoms with Crippen LogP contribution in [0.1, 0.15) is 24.2 Å². The molecule has 0 aliphatic rings. The Balaban J connectivity index is 2.73. The Labute approximate surface area is 108 Å². The van der Waals surface area contributed by atoms with Gasteiger partial charge >= 0.3 is 0 Å². The molecule has 1 aromatic heterocycles. The lowest BCUT2D eigenvalue weighted by Crippen LogP contribution is -2.41. The molecule has 0 aromatic carbocycles. The number of aromatic nitrogens is 1. The third-order valence-corrected chi connectivity index (χ3v) is 2.75. The van der Waals surface area contributed by atoms with Gasteiger partial charge in [-0.25, -0.2) is 4.98 Å². The Kier molecular flexibility index (Phi) is 5.58. The number of nitrogens with zero attached hydrogens (tertiary/aromatic N) is 1. The van der Waals surface area contributed by atoms with E-state index >= 15 is 0 Å². The first-order chi connectivity index (χ1) is 8.58. The van der Waals surface area contributed by atoms with Crippen LogP contribution in [0.2, 0.25) is 0 Å². The Morgan fingerprint density at radius 1 is 1.50 bits per heavy atom. The lowest BCUT2D eigenvalue weighted by molar-refractivity contribution is 0.0866. The Morgan fingerprint density at radius 3 is 2.78 bits per heavy atom. The Bertz CT molecular complexity index is 394. The highest BCUT2D eigenvalue weighted by molar-refractivity contribution is 5.95. The maximum absolute atomic E-state index is 12.1. The molecule has 1 rings (SSSR count). The molecule has 2 N–H and O–H groups in total. The summed E-state index contributed by atoms with van der Waals surface area (Å²) in [6.07, 6.45) is 1.61. The van der Waals surface area contributed by atoms with Gasteiger partial charge in [0.2, 0.25) is 0 Å². The number of pyridine rings is 1. The van der Waals surface area contributed by atoms with Crippen molar-refractivity contribution < 1.29 is 9.53 Å². The summed E-state index contributed by atoms with van der Waals surface area (Å²) in [4.78, 5) is 16.2. The topological polar surface area (TPSA) is 63.2 Å². The van der Waals surface area contributed by atoms with Crippen molar-refractivity contribution in [1.29, 1.82) is 0 Å². The first-order valence-corrected chi connectivity index (χ1v) is 6.02. The van der Waals surface area contributed by atoms with E-state index in [0.717, 1.165) is 0 Å². The number of anilines is 1. The smallest absolute Gasteiger partial charge is 0.251 e. The van der Waals surface area contributed by atoms with Gasteiger partial charge in [0, 0.05) is 25.9 Å². The van der Waals surface area contributed by atoms with Crippen LogP contribution in [0.5, 0.6) is 0 Å². The third-order valence-electron chi connectivity index (χ3n) is 2.75. The third kappa shape index (κ3) is 4.00. The van der Waals surface area contributed by atoms with E-state index in [1.54, 1.807) is 32.5 Å². The second kappa shape index (κ2) is 6.96. The van der Waals surface area contributed by atoms with Crippen molar-refractivity contribution in [1.82, 2.24) is 10.3 Å². The molecular formula is C13H21N3O2. The number of hydrogen-bond donors (Lipinski definition) is 2. The van der Waals surface area contributed by atoms with Crippen LogP contribution in [0.4, 0.5) is 5.82 Å². The van der Waals surface area contributed by atoms with Gasteiger partial charge in [-0.2, -0.15) is 0 Å². The molecule has 0 spiro atoms. The summed E-state index contributed by atoms with van der Waals surface area (Å²) < 4.78 is 5.11. The molecule has 0 bridgehead atoms. The van der Waals surface area contributed by atoms with Crippen LogP contribution in [-0.4, -0.2) is 37.7 Å². The van der Waals surface area contributed by atoms with Crippen molar-refractivity contribution in [2.24, 2.45) is 5.92 Å². The van der Waals surface area contributed by atoms with Crippen molar-refractivity contribution in [3.8, 4) is 0 Å². The summed E-state index contributed by atoms with van der Waals surface area (Å²) in [5, 5.41) is 5.87. The number of ether oxygens (including phenoxy) is 1. The number of carbonyl (C=O) groups excluding carboxylic acids is 1. The van der Waals surface area contributed by atoms with Crippen molar-refractivity contribution in [2.45, 2.75) is 19.9 Å². The molecule has 0 aliphatic heterocycles. The molecule has 1 atom stereocenters. The number of rotatable bonds is 6. The average molecular weight is 251 g/mol. The fourth-order valence-corrected chi connectivity index (χ4v) is 1.54. The molecule has 1 amide bonds. The average Bonchev–Trinajstić information content (AvgIpc) is 2.38. The van der Waals surface area contributed by atoms with Gasteiger partial charge in [0.05, 0.1) is 12.6 Å². The minimum atomic E-state index is -0.107. The first-order valence-electron chi connectivity index (χ1n) is 6.02. The molecule has 0 saturated carbocycles. The van der Waals surface area contributed by atoms with E-state index in [-0.39, 0.29) is 11.9 Å². The molecule has 0 radical (unpaired) electrons. The van der Waals surface area contributed by atoms with Gasteiger partial charge in [0.1, 0.15) is 5.82 Å². The predicted molar refractivity (Wildman–Crippen MR) is 71.8 cm³/mol. The highest BCUT2D eigenvalue weighted by atomic mass is 16.5. The van der Waals surface area contributed by atoms with Crippen molar-refractivity contribution >= 4 is 11.7 Å². The second-order valence-electron chi connectivity index (χ2n) is 4.46. The van der Waals surface area contributed by atoms with Crippen LogP contribution in [-0.2, 0) is 4.74 Å². The zero-order valence-electron chi connectivity index (χ0n) is 11.4. The summed E-state index contributed by atoms with van der Waals surface area (Å²) in [6, 6.07) is 3.42. The highest BCUT2D eigenvalue weighted by Gasteiger charge is 2.17. The molecule has 1 unspecified atom stereocenters. The predicted octanol–water partition coefficient (Wildman–Crippen LogP) is 1.52. The maximum Gasteiger partial charge on any atom is 0.251 e. The minimum absolute atomic E-state index is 0.00806. The molecule has 0 fully saturated rings. The quantitative estimate of drug-likeness (QED) is 0.804. The second-order valence-corrected chi connectivity index (χ2v) is 4.46. The van der Waals surface area contributed by atoms with E-state index in [4.69, 9.17) is 4.74 Å². The lowest BCUT2D eigenvalue weighted by Gasteiger charge is -2.21. The van der Waals surface area contributed by atoms with E-state index < -0.39 is 0 Å². The number of amides is 1. The molecule has 1 aromatic rings. The van der Waals surface area contributed by atoms with Gasteiger partial charge in [-0.3, -0.25) is 4.79 Å². The summed E-state index contributed by atoms with van der Waals surface area (Å²) in [5.41, 5.74) is 0.594. The van der Waals surface area contributed by atoms with E-state index in [1.165, 1.54) is 0 Å². The van der Waals surface area contributed by atoms with E-state index in [2.05, 4.69) is 29.5 Å². The SMILES string of the molecule is CNc1cc(C(=O)NC(COC)C(C)C)ccn1. The molecule has 18 heavy (non-hydrogen) atoms. The van der Waals surface area contributed by atoms with Crippen LogP contribution in [0.15, 0.2) is 18.3 Å². The summed E-state index contributed by atoms with van der Waals surface area (Å²) in [6.45, 7) is 4.61. The Hall–Kier alpha value is -1.62. The molecule has 5 heteroatoms. The Morgan fingerprint density at radius 2 is 2.22 bits per heavy atom. The zero-order valence-corrected chi connectivity index (χ0v) is 11.4. The summed E-state index contributed by atoms with van der Waals surface area (Å²) in [5.74, 6) is 0.889. The van der Waals surface area contributed by atoms with Gasteiger partial charge < -0.3 is 15.4 Å². The van der Waals surface area contributed by atoms with Gasteiger partial charge in [-0.15, -0.1) is 0 Å². The fraction of sp³-hybridized carbons (Fsp3) is 0.538. The molecule has 0 aliphatic carbocycles. The first kappa shape index (κ1) is 14.4. The largest absolute Gasteiger partial charge is 0.383 e. The molecule has 5 nitrogen and oxygen atoms in total. The van der Waals surface area contributed by atoms with Crippen LogP contribution in [0.25, 0.3) is 0 Å². The number of nitrogens with one attached hydrogen (secondary N) is 2. The van der Waals surface area contributed by atoms with Crippen LogP contribution >= 0.6 is 0 Å². The van der Waals surface area contributed by atoms with E-state index in [1.807, 2.05) is 0 Å². The standard InChI is InChI=1S/C13H21N3O2/c1-9(2)11(8-18-4)16-13(17)10-5-6-15-12(7-10)14-3/h5-7,9,11H,8H2,1-4H3,(H,14,15)(H,16,17). The zero-order chi connectivity index (χ0) is 13.5. The highest BCUT2D eigenvalue weighted by Crippen LogP contribution is 2.08. The van der Waals surface area contributed by atoms with Crippen molar-refractivity contribution in [3.63, 3.8) is 0 Å². The van der Waals surface area contributed by atoms with Crippen molar-refractivity contribution in [2.75, 3.05) is 26.1 Å². The lowest BCUT2D eigenvalue weighted by atomic mass is 10.0. The number of methoxy groups -OCH3 is 1. The monoisotopic (exact) mass is 251 g/mol. The van der Waals surface area contributed by atoms with Crippen LogP contribution in [0.3, 0.4) is 0 Å². The number of hydrogen-bond acceptors (Lipinski definition) is 4. The van der Waals surface area contributed by atoms with Crippen molar-refractivity contribution in [3.05, 3.63) is 23.9 Å². The minimum Gasteiger partial charge on any atom is -0.383 e. The normalized spacial score (nSPS) is 12.3. The summed E-state index contributed by atoms with van der Waals surface area (Å²) >= 11 is 0. The van der Waals surface area contributed by atoms with Crippen LogP contribution < -0.4 is 10.6 Å². The van der Waals surface area contributed by atoms with Gasteiger partial charge in [0.15, 0.2) is 0 Å². The molecule has 100 valence electrons. The number of carbonyl (C=O) groups is 1. The van der Waals surface area contributed by atoms with Gasteiger partial charge in [0.25, 0.3) is 5.91 Å². The molecule has 1 heterocycles.